The van der Waals surface area contributed by atoms with Gasteiger partial charge in [-0.3, -0.25) is 4.79 Å². The third-order valence-corrected chi connectivity index (χ3v) is 4.87. The summed E-state index contributed by atoms with van der Waals surface area (Å²) in [5.41, 5.74) is 2.64. The highest BCUT2D eigenvalue weighted by atomic mass is 16.7. The Labute approximate surface area is 173 Å². The van der Waals surface area contributed by atoms with Gasteiger partial charge < -0.3 is 28.8 Å². The van der Waals surface area contributed by atoms with E-state index in [-0.39, 0.29) is 12.7 Å². The van der Waals surface area contributed by atoms with E-state index in [0.29, 0.717) is 58.5 Å². The van der Waals surface area contributed by atoms with Crippen LogP contribution in [0.3, 0.4) is 0 Å². The third kappa shape index (κ3) is 3.76. The number of benzene rings is 2. The van der Waals surface area contributed by atoms with Crippen molar-refractivity contribution < 1.29 is 28.3 Å². The minimum absolute atomic E-state index is 0.178. The van der Waals surface area contributed by atoms with Gasteiger partial charge in [-0.05, 0) is 49.2 Å². The average molecular weight is 410 g/mol. The van der Waals surface area contributed by atoms with Crippen LogP contribution in [0.5, 0.6) is 23.0 Å². The maximum atomic E-state index is 12.9. The normalized spacial score (nSPS) is 12.0. The standard InChI is InChI=1S/C22H22N2O6/c1-13-20(21(30-24-13)15-5-7-17-19(11-15)29-12-28-17)22(25)23-9-8-14-4-6-16(26-2)18(10-14)27-3/h4-7,10-11H,8-9,12H2,1-3H3,(H,23,25). The van der Waals surface area contributed by atoms with Gasteiger partial charge in [0.15, 0.2) is 28.8 Å². The van der Waals surface area contributed by atoms with Crippen LogP contribution in [0.2, 0.25) is 0 Å². The molecule has 0 atom stereocenters. The van der Waals surface area contributed by atoms with Crippen molar-refractivity contribution >= 4 is 5.91 Å². The quantitative estimate of drug-likeness (QED) is 0.638. The number of fused-ring (bicyclic) bond motifs is 1. The molecule has 30 heavy (non-hydrogen) atoms. The fourth-order valence-corrected chi connectivity index (χ4v) is 3.32. The summed E-state index contributed by atoms with van der Waals surface area (Å²) in [6.45, 7) is 2.36. The summed E-state index contributed by atoms with van der Waals surface area (Å²) in [5, 5.41) is 6.91. The second-order valence-electron chi connectivity index (χ2n) is 6.74. The molecule has 1 aliphatic heterocycles. The van der Waals surface area contributed by atoms with Crippen molar-refractivity contribution in [2.45, 2.75) is 13.3 Å². The summed E-state index contributed by atoms with van der Waals surface area (Å²) in [6.07, 6.45) is 0.635. The number of carbonyl (C=O) groups is 1. The predicted octanol–water partition coefficient (Wildman–Crippen LogP) is 3.37. The number of aryl methyl sites for hydroxylation is 1. The maximum Gasteiger partial charge on any atom is 0.257 e. The monoisotopic (exact) mass is 410 g/mol. The van der Waals surface area contributed by atoms with Gasteiger partial charge in [0.2, 0.25) is 6.79 Å². The van der Waals surface area contributed by atoms with Gasteiger partial charge in [-0.15, -0.1) is 0 Å². The number of aromatic nitrogens is 1. The zero-order valence-electron chi connectivity index (χ0n) is 17.0. The molecule has 0 saturated heterocycles. The third-order valence-electron chi connectivity index (χ3n) is 4.87. The molecule has 8 heteroatoms. The van der Waals surface area contributed by atoms with Crippen molar-refractivity contribution in [3.8, 4) is 34.3 Å². The van der Waals surface area contributed by atoms with Crippen LogP contribution in [0, 0.1) is 6.92 Å². The fourth-order valence-electron chi connectivity index (χ4n) is 3.32. The lowest BCUT2D eigenvalue weighted by Crippen LogP contribution is -2.26. The van der Waals surface area contributed by atoms with Crippen LogP contribution in [0.15, 0.2) is 40.9 Å². The molecule has 1 amide bonds. The number of carbonyl (C=O) groups excluding carboxylic acids is 1. The van der Waals surface area contributed by atoms with Crippen LogP contribution in [-0.4, -0.2) is 38.6 Å². The molecular weight excluding hydrogens is 388 g/mol. The molecule has 2 aromatic carbocycles. The SMILES string of the molecule is COc1ccc(CCNC(=O)c2c(C)noc2-c2ccc3c(c2)OCO3)cc1OC. The first kappa shape index (κ1) is 19.6. The summed E-state index contributed by atoms with van der Waals surface area (Å²) < 4.78 is 26.8. The maximum absolute atomic E-state index is 12.9. The minimum Gasteiger partial charge on any atom is -0.493 e. The Bertz CT molecular complexity index is 1080. The molecule has 0 saturated carbocycles. The number of amides is 1. The number of rotatable bonds is 7. The van der Waals surface area contributed by atoms with Crippen molar-refractivity contribution in [2.24, 2.45) is 0 Å². The molecule has 0 spiro atoms. The number of ether oxygens (including phenoxy) is 4. The van der Waals surface area contributed by atoms with Crippen LogP contribution in [0.4, 0.5) is 0 Å². The van der Waals surface area contributed by atoms with Crippen molar-refractivity contribution in [3.63, 3.8) is 0 Å². The Morgan fingerprint density at radius 1 is 1.07 bits per heavy atom. The number of nitrogens with zero attached hydrogens (tertiary/aromatic N) is 1. The smallest absolute Gasteiger partial charge is 0.257 e. The number of hydrogen-bond donors (Lipinski definition) is 1. The molecule has 0 fully saturated rings. The van der Waals surface area contributed by atoms with Crippen molar-refractivity contribution in [1.29, 1.82) is 0 Å². The summed E-state index contributed by atoms with van der Waals surface area (Å²) in [6, 6.07) is 11.1. The molecule has 0 bridgehead atoms. The predicted molar refractivity (Wildman–Crippen MR) is 108 cm³/mol. The first-order valence-electron chi connectivity index (χ1n) is 9.46. The highest BCUT2D eigenvalue weighted by Gasteiger charge is 2.23. The van der Waals surface area contributed by atoms with Crippen LogP contribution >= 0.6 is 0 Å². The van der Waals surface area contributed by atoms with E-state index in [0.717, 1.165) is 5.56 Å². The molecule has 8 nitrogen and oxygen atoms in total. The molecule has 156 valence electrons. The first-order chi connectivity index (χ1) is 14.6. The summed E-state index contributed by atoms with van der Waals surface area (Å²) in [4.78, 5) is 12.9. The van der Waals surface area contributed by atoms with E-state index in [9.17, 15) is 4.79 Å². The van der Waals surface area contributed by atoms with Crippen molar-refractivity contribution in [3.05, 3.63) is 53.2 Å². The molecule has 0 radical (unpaired) electrons. The largest absolute Gasteiger partial charge is 0.493 e. The van der Waals surface area contributed by atoms with Crippen LogP contribution in [-0.2, 0) is 6.42 Å². The van der Waals surface area contributed by atoms with E-state index < -0.39 is 0 Å². The molecule has 3 aromatic rings. The van der Waals surface area contributed by atoms with E-state index in [1.807, 2.05) is 24.3 Å². The van der Waals surface area contributed by atoms with Crippen molar-refractivity contribution in [2.75, 3.05) is 27.6 Å². The molecule has 1 aromatic heterocycles. The Hall–Kier alpha value is -3.68. The lowest BCUT2D eigenvalue weighted by atomic mass is 10.1. The van der Waals surface area contributed by atoms with Crippen LogP contribution in [0.1, 0.15) is 21.6 Å². The van der Waals surface area contributed by atoms with Gasteiger partial charge in [0.05, 0.1) is 19.9 Å². The molecular formula is C22H22N2O6. The van der Waals surface area contributed by atoms with E-state index in [2.05, 4.69) is 10.5 Å². The highest BCUT2D eigenvalue weighted by Crippen LogP contribution is 2.37. The second kappa shape index (κ2) is 8.36. The summed E-state index contributed by atoms with van der Waals surface area (Å²) in [7, 11) is 3.19. The van der Waals surface area contributed by atoms with E-state index in [4.69, 9.17) is 23.5 Å². The van der Waals surface area contributed by atoms with Gasteiger partial charge in [-0.1, -0.05) is 11.2 Å². The molecule has 1 aliphatic rings. The van der Waals surface area contributed by atoms with Gasteiger partial charge in [0, 0.05) is 12.1 Å². The van der Waals surface area contributed by atoms with Gasteiger partial charge in [0.1, 0.15) is 5.56 Å². The second-order valence-corrected chi connectivity index (χ2v) is 6.74. The Balaban J connectivity index is 1.46. The first-order valence-corrected chi connectivity index (χ1v) is 9.46. The summed E-state index contributed by atoms with van der Waals surface area (Å²) in [5.74, 6) is 2.74. The minimum atomic E-state index is -0.248. The Morgan fingerprint density at radius 2 is 1.87 bits per heavy atom. The number of nitrogens with one attached hydrogen (secondary N) is 1. The summed E-state index contributed by atoms with van der Waals surface area (Å²) >= 11 is 0. The highest BCUT2D eigenvalue weighted by molar-refractivity contribution is 6.00. The average Bonchev–Trinajstić information content (AvgIpc) is 3.39. The number of hydrogen-bond acceptors (Lipinski definition) is 7. The van der Waals surface area contributed by atoms with Gasteiger partial charge in [-0.25, -0.2) is 0 Å². The Morgan fingerprint density at radius 3 is 2.67 bits per heavy atom. The van der Waals surface area contributed by atoms with E-state index in [1.165, 1.54) is 0 Å². The molecule has 4 rings (SSSR count). The molecule has 1 N–H and O–H groups in total. The fraction of sp³-hybridized carbons (Fsp3) is 0.273. The van der Waals surface area contributed by atoms with Gasteiger partial charge >= 0.3 is 0 Å². The van der Waals surface area contributed by atoms with Crippen LogP contribution < -0.4 is 24.3 Å². The lowest BCUT2D eigenvalue weighted by Gasteiger charge is -2.10. The molecule has 2 heterocycles. The lowest BCUT2D eigenvalue weighted by molar-refractivity contribution is 0.0954. The van der Waals surface area contributed by atoms with E-state index in [1.54, 1.807) is 33.3 Å². The molecule has 0 aliphatic carbocycles. The van der Waals surface area contributed by atoms with Crippen molar-refractivity contribution in [1.82, 2.24) is 10.5 Å². The van der Waals surface area contributed by atoms with Crippen LogP contribution in [0.25, 0.3) is 11.3 Å². The Kier molecular flexibility index (Phi) is 5.47. The van der Waals surface area contributed by atoms with Gasteiger partial charge in [-0.2, -0.15) is 0 Å². The molecule has 0 unspecified atom stereocenters. The zero-order valence-corrected chi connectivity index (χ0v) is 17.0. The van der Waals surface area contributed by atoms with E-state index >= 15 is 0 Å². The topological polar surface area (TPSA) is 92.1 Å². The zero-order chi connectivity index (χ0) is 21.1. The van der Waals surface area contributed by atoms with Gasteiger partial charge in [0.25, 0.3) is 5.91 Å². The number of methoxy groups -OCH3 is 2.